The first kappa shape index (κ1) is 22.4. The normalized spacial score (nSPS) is 11.6. The summed E-state index contributed by atoms with van der Waals surface area (Å²) in [5.74, 6) is -1.19. The van der Waals surface area contributed by atoms with Crippen molar-refractivity contribution in [1.82, 2.24) is 4.31 Å². The number of carbonyl (C=O) groups excluding carboxylic acids is 2. The summed E-state index contributed by atoms with van der Waals surface area (Å²) in [4.78, 5) is 25.5. The van der Waals surface area contributed by atoms with Crippen LogP contribution in [0.2, 0.25) is 0 Å². The fraction of sp³-hybridized carbons (Fsp3) is 0.120. The van der Waals surface area contributed by atoms with E-state index in [0.29, 0.717) is 5.56 Å². The van der Waals surface area contributed by atoms with E-state index in [-0.39, 0.29) is 10.6 Å². The van der Waals surface area contributed by atoms with Gasteiger partial charge in [-0.25, -0.2) is 17.5 Å². The van der Waals surface area contributed by atoms with Gasteiger partial charge in [0, 0.05) is 19.8 Å². The van der Waals surface area contributed by atoms with Crippen molar-refractivity contribution in [2.24, 2.45) is 0 Å². The maximum absolute atomic E-state index is 13.0. The molecule has 4 rings (SSSR count). The molecule has 0 spiro atoms. The Morgan fingerprint density at radius 2 is 1.45 bits per heavy atom. The minimum absolute atomic E-state index is 0.0459. The number of carbonyl (C=O) groups is 2. The van der Waals surface area contributed by atoms with Crippen LogP contribution in [0, 0.1) is 0 Å². The van der Waals surface area contributed by atoms with E-state index in [4.69, 9.17) is 4.74 Å². The van der Waals surface area contributed by atoms with Crippen molar-refractivity contribution >= 4 is 49.1 Å². The van der Waals surface area contributed by atoms with Crippen LogP contribution in [0.5, 0.6) is 0 Å². The van der Waals surface area contributed by atoms with Crippen molar-refractivity contribution in [2.45, 2.75) is 4.90 Å². The highest BCUT2D eigenvalue weighted by molar-refractivity contribution is 7.89. The Morgan fingerprint density at radius 3 is 2.06 bits per heavy atom. The lowest BCUT2D eigenvalue weighted by Gasteiger charge is -2.13. The number of sulfonamides is 1. The number of rotatable bonds is 6. The van der Waals surface area contributed by atoms with Gasteiger partial charge in [0.1, 0.15) is 0 Å². The molecule has 4 aromatic carbocycles. The predicted molar refractivity (Wildman–Crippen MR) is 128 cm³/mol. The van der Waals surface area contributed by atoms with Crippen LogP contribution < -0.4 is 5.32 Å². The maximum Gasteiger partial charge on any atom is 0.339 e. The van der Waals surface area contributed by atoms with Gasteiger partial charge in [-0.15, -0.1) is 0 Å². The minimum atomic E-state index is -3.64. The number of anilines is 1. The van der Waals surface area contributed by atoms with Crippen molar-refractivity contribution in [1.29, 1.82) is 0 Å². The third-order valence-electron chi connectivity index (χ3n) is 5.21. The second-order valence-electron chi connectivity index (χ2n) is 7.63. The van der Waals surface area contributed by atoms with Gasteiger partial charge in [0.05, 0.1) is 10.5 Å². The second kappa shape index (κ2) is 9.01. The van der Waals surface area contributed by atoms with Gasteiger partial charge in [0.15, 0.2) is 6.61 Å². The highest BCUT2D eigenvalue weighted by atomic mass is 32.2. The molecule has 168 valence electrons. The number of hydrogen-bond donors (Lipinski definition) is 1. The van der Waals surface area contributed by atoms with E-state index in [2.05, 4.69) is 5.32 Å². The van der Waals surface area contributed by atoms with Crippen molar-refractivity contribution < 1.29 is 22.7 Å². The molecule has 7 nitrogen and oxygen atoms in total. The number of nitrogens with zero attached hydrogens (tertiary/aromatic N) is 1. The highest BCUT2D eigenvalue weighted by Crippen LogP contribution is 2.29. The summed E-state index contributed by atoms with van der Waals surface area (Å²) < 4.78 is 31.0. The highest BCUT2D eigenvalue weighted by Gasteiger charge is 2.19. The average Bonchev–Trinajstić information content (AvgIpc) is 2.81. The Balaban J connectivity index is 1.53. The number of hydrogen-bond acceptors (Lipinski definition) is 5. The third kappa shape index (κ3) is 4.57. The Morgan fingerprint density at radius 1 is 0.848 bits per heavy atom. The summed E-state index contributed by atoms with van der Waals surface area (Å²) in [6.07, 6.45) is 0. The van der Waals surface area contributed by atoms with Gasteiger partial charge >= 0.3 is 5.97 Å². The van der Waals surface area contributed by atoms with E-state index in [9.17, 15) is 18.0 Å². The van der Waals surface area contributed by atoms with Crippen LogP contribution in [0.1, 0.15) is 10.4 Å². The lowest BCUT2D eigenvalue weighted by atomic mass is 9.97. The zero-order valence-electron chi connectivity index (χ0n) is 18.1. The fourth-order valence-electron chi connectivity index (χ4n) is 3.58. The summed E-state index contributed by atoms with van der Waals surface area (Å²) in [6.45, 7) is -0.513. The molecule has 4 aromatic rings. The molecule has 0 saturated carbocycles. The lowest BCUT2D eigenvalue weighted by Crippen LogP contribution is -2.23. The van der Waals surface area contributed by atoms with E-state index in [1.165, 1.54) is 32.3 Å². The number of benzene rings is 4. The smallest absolute Gasteiger partial charge is 0.339 e. The van der Waals surface area contributed by atoms with Crippen LogP contribution in [-0.2, 0) is 19.6 Å². The standard InChI is InChI=1S/C25H22N2O5S/c1-27(2)33(30,31)20-11-7-10-19(15-20)26-23(28)16-32-25(29)24-21-12-5-3-8-17(21)14-18-9-4-6-13-22(18)24/h3-15H,16H2,1-2H3,(H,26,28). The number of fused-ring (bicyclic) bond motifs is 2. The summed E-state index contributed by atoms with van der Waals surface area (Å²) in [5.41, 5.74) is 0.685. The molecule has 0 aliphatic heterocycles. The molecular formula is C25H22N2O5S. The molecular weight excluding hydrogens is 440 g/mol. The van der Waals surface area contributed by atoms with E-state index in [0.717, 1.165) is 25.9 Å². The summed E-state index contributed by atoms with van der Waals surface area (Å²) >= 11 is 0. The molecule has 0 aromatic heterocycles. The molecule has 1 N–H and O–H groups in total. The Labute approximate surface area is 191 Å². The maximum atomic E-state index is 13.0. The zero-order chi connectivity index (χ0) is 23.6. The van der Waals surface area contributed by atoms with Crippen LogP contribution in [0.25, 0.3) is 21.5 Å². The van der Waals surface area contributed by atoms with Crippen molar-refractivity contribution in [2.75, 3.05) is 26.0 Å². The Hall–Kier alpha value is -3.75. The first-order valence-corrected chi connectivity index (χ1v) is 11.6. The van der Waals surface area contributed by atoms with Crippen LogP contribution in [0.3, 0.4) is 0 Å². The molecule has 8 heteroatoms. The third-order valence-corrected chi connectivity index (χ3v) is 7.02. The van der Waals surface area contributed by atoms with Gasteiger partial charge < -0.3 is 10.1 Å². The van der Waals surface area contributed by atoms with Crippen molar-refractivity contribution in [3.63, 3.8) is 0 Å². The van der Waals surface area contributed by atoms with Gasteiger partial charge in [-0.1, -0.05) is 54.6 Å². The minimum Gasteiger partial charge on any atom is -0.452 e. The largest absolute Gasteiger partial charge is 0.452 e. The van der Waals surface area contributed by atoms with Gasteiger partial charge in [0.2, 0.25) is 10.0 Å². The predicted octanol–water partition coefficient (Wildman–Crippen LogP) is 4.04. The molecule has 0 unspecified atom stereocenters. The fourth-order valence-corrected chi connectivity index (χ4v) is 4.53. The molecule has 0 bridgehead atoms. The zero-order valence-corrected chi connectivity index (χ0v) is 18.9. The molecule has 0 radical (unpaired) electrons. The molecule has 33 heavy (non-hydrogen) atoms. The first-order valence-electron chi connectivity index (χ1n) is 10.2. The second-order valence-corrected chi connectivity index (χ2v) is 9.79. The quantitative estimate of drug-likeness (QED) is 0.345. The topological polar surface area (TPSA) is 92.8 Å². The van der Waals surface area contributed by atoms with Crippen LogP contribution >= 0.6 is 0 Å². The van der Waals surface area contributed by atoms with Crippen LogP contribution in [-0.4, -0.2) is 45.3 Å². The number of esters is 1. The molecule has 0 aliphatic rings. The lowest BCUT2D eigenvalue weighted by molar-refractivity contribution is -0.119. The molecule has 0 fully saturated rings. The molecule has 0 heterocycles. The molecule has 0 atom stereocenters. The van der Waals surface area contributed by atoms with Gasteiger partial charge in [-0.2, -0.15) is 0 Å². The van der Waals surface area contributed by atoms with Gasteiger partial charge in [0.25, 0.3) is 5.91 Å². The van der Waals surface area contributed by atoms with Crippen molar-refractivity contribution in [3.05, 3.63) is 84.4 Å². The van der Waals surface area contributed by atoms with E-state index < -0.39 is 28.5 Å². The average molecular weight is 463 g/mol. The van der Waals surface area contributed by atoms with E-state index >= 15 is 0 Å². The Bertz CT molecular complexity index is 1420. The van der Waals surface area contributed by atoms with Gasteiger partial charge in [-0.05, 0) is 45.8 Å². The summed E-state index contributed by atoms with van der Waals surface area (Å²) in [5, 5.41) is 5.84. The van der Waals surface area contributed by atoms with E-state index in [1.807, 2.05) is 54.6 Å². The number of amides is 1. The van der Waals surface area contributed by atoms with Crippen LogP contribution in [0.15, 0.2) is 83.8 Å². The molecule has 0 aliphatic carbocycles. The molecule has 1 amide bonds. The first-order chi connectivity index (χ1) is 15.8. The SMILES string of the molecule is CN(C)S(=O)(=O)c1cccc(NC(=O)COC(=O)c2c3ccccc3cc3ccccc23)c1. The van der Waals surface area contributed by atoms with Gasteiger partial charge in [-0.3, -0.25) is 4.79 Å². The Kier molecular flexibility index (Phi) is 6.13. The monoisotopic (exact) mass is 462 g/mol. The number of nitrogens with one attached hydrogen (secondary N) is 1. The summed E-state index contributed by atoms with van der Waals surface area (Å²) in [6, 6.07) is 22.9. The van der Waals surface area contributed by atoms with Crippen molar-refractivity contribution in [3.8, 4) is 0 Å². The summed E-state index contributed by atoms with van der Waals surface area (Å²) in [7, 11) is -0.787. The number of ether oxygens (including phenoxy) is 1. The van der Waals surface area contributed by atoms with Crippen LogP contribution in [0.4, 0.5) is 5.69 Å². The molecule has 0 saturated heterocycles. The van der Waals surface area contributed by atoms with E-state index in [1.54, 1.807) is 6.07 Å².